The van der Waals surface area contributed by atoms with E-state index in [0.717, 1.165) is 31.5 Å². The van der Waals surface area contributed by atoms with Gasteiger partial charge >= 0.3 is 0 Å². The minimum atomic E-state index is -0.912. The van der Waals surface area contributed by atoms with Crippen molar-refractivity contribution in [3.8, 4) is 5.75 Å². The van der Waals surface area contributed by atoms with Gasteiger partial charge in [-0.1, -0.05) is 23.2 Å². The summed E-state index contributed by atoms with van der Waals surface area (Å²) < 4.78 is 5.61. The second-order valence-electron chi connectivity index (χ2n) is 10.8. The Hall–Kier alpha value is -3.70. The van der Waals surface area contributed by atoms with Gasteiger partial charge in [0.2, 0.25) is 0 Å². The highest BCUT2D eigenvalue weighted by Crippen LogP contribution is 2.37. The lowest BCUT2D eigenvalue weighted by Crippen LogP contribution is -2.46. The fraction of sp³-hybridized carbons (Fsp3) is 0.333. The molecule has 1 saturated heterocycles. The SMILES string of the molecule is CN1CCC(N2C(=O)c3cc4c(cc3C2=O)N=C(c2c(NCC(O)COc3cc(Cl)cc(Cl)c3)cc[nH]c2=O)C4)CC1. The number of aromatic amines is 1. The molecule has 1 aromatic heterocycles. The van der Waals surface area contributed by atoms with Crippen LogP contribution in [0, 0.1) is 0 Å². The van der Waals surface area contributed by atoms with Gasteiger partial charge in [-0.25, -0.2) is 0 Å². The monoisotopic (exact) mass is 609 g/mol. The van der Waals surface area contributed by atoms with E-state index in [2.05, 4.69) is 15.2 Å². The first kappa shape index (κ1) is 28.4. The molecule has 0 saturated carbocycles. The third kappa shape index (κ3) is 5.55. The summed E-state index contributed by atoms with van der Waals surface area (Å²) in [6, 6.07) is 9.77. The summed E-state index contributed by atoms with van der Waals surface area (Å²) in [7, 11) is 2.04. The number of hydrogen-bond acceptors (Lipinski definition) is 8. The first-order chi connectivity index (χ1) is 20.2. The van der Waals surface area contributed by atoms with Crippen LogP contribution in [0.2, 0.25) is 10.0 Å². The van der Waals surface area contributed by atoms with Crippen LogP contribution in [0.1, 0.15) is 44.7 Å². The predicted molar refractivity (Wildman–Crippen MR) is 161 cm³/mol. The van der Waals surface area contributed by atoms with Gasteiger partial charge in [-0.15, -0.1) is 0 Å². The van der Waals surface area contributed by atoms with Crippen LogP contribution in [0.4, 0.5) is 11.4 Å². The van der Waals surface area contributed by atoms with E-state index in [4.69, 9.17) is 32.9 Å². The van der Waals surface area contributed by atoms with Crippen LogP contribution in [-0.4, -0.2) is 82.9 Å². The maximum absolute atomic E-state index is 13.3. The molecule has 0 radical (unpaired) electrons. The summed E-state index contributed by atoms with van der Waals surface area (Å²) in [5.74, 6) is -0.121. The lowest BCUT2D eigenvalue weighted by molar-refractivity contribution is 0.0516. The average molecular weight is 610 g/mol. The van der Waals surface area contributed by atoms with E-state index >= 15 is 0 Å². The summed E-state index contributed by atoms with van der Waals surface area (Å²) >= 11 is 12.0. The van der Waals surface area contributed by atoms with Gasteiger partial charge in [0, 0.05) is 35.2 Å². The third-order valence-corrected chi connectivity index (χ3v) is 8.28. The number of carbonyl (C=O) groups is 2. The number of hydrogen-bond donors (Lipinski definition) is 3. The zero-order valence-electron chi connectivity index (χ0n) is 22.8. The number of benzene rings is 2. The smallest absolute Gasteiger partial charge is 0.261 e. The van der Waals surface area contributed by atoms with Crippen LogP contribution in [-0.2, 0) is 6.42 Å². The first-order valence-electron chi connectivity index (χ1n) is 13.7. The molecule has 3 aliphatic heterocycles. The summed E-state index contributed by atoms with van der Waals surface area (Å²) in [5.41, 5.74) is 3.06. The number of anilines is 1. The predicted octanol–water partition coefficient (Wildman–Crippen LogP) is 3.90. The van der Waals surface area contributed by atoms with Crippen LogP contribution >= 0.6 is 23.2 Å². The number of amides is 2. The summed E-state index contributed by atoms with van der Waals surface area (Å²) in [5, 5.41) is 14.5. The summed E-state index contributed by atoms with van der Waals surface area (Å²) in [4.78, 5) is 50.6. The number of nitrogens with zero attached hydrogens (tertiary/aromatic N) is 3. The van der Waals surface area contributed by atoms with E-state index in [1.54, 1.807) is 36.4 Å². The molecule has 1 atom stereocenters. The van der Waals surface area contributed by atoms with E-state index in [1.807, 2.05) is 7.05 Å². The molecule has 3 aliphatic rings. The van der Waals surface area contributed by atoms with Crippen LogP contribution in [0.3, 0.4) is 0 Å². The topological polar surface area (TPSA) is 127 Å². The van der Waals surface area contributed by atoms with Gasteiger partial charge < -0.3 is 25.0 Å². The van der Waals surface area contributed by atoms with Gasteiger partial charge in [-0.2, -0.15) is 0 Å². The Balaban J connectivity index is 1.17. The highest BCUT2D eigenvalue weighted by Gasteiger charge is 2.42. The van der Waals surface area contributed by atoms with Crippen molar-refractivity contribution in [2.24, 2.45) is 4.99 Å². The molecule has 6 rings (SSSR count). The largest absolute Gasteiger partial charge is 0.491 e. The molecule has 3 aromatic rings. The average Bonchev–Trinajstić information content (AvgIpc) is 3.47. The molecule has 1 fully saturated rings. The zero-order chi connectivity index (χ0) is 29.5. The fourth-order valence-electron chi connectivity index (χ4n) is 5.68. The van der Waals surface area contributed by atoms with Gasteiger partial charge in [0.25, 0.3) is 17.4 Å². The van der Waals surface area contributed by atoms with Crippen LogP contribution in [0.25, 0.3) is 0 Å². The number of halogens is 2. The molecule has 1 unspecified atom stereocenters. The second-order valence-corrected chi connectivity index (χ2v) is 11.7. The molecule has 0 bridgehead atoms. The fourth-order valence-corrected chi connectivity index (χ4v) is 6.19. The van der Waals surface area contributed by atoms with Crippen molar-refractivity contribution in [2.75, 3.05) is 38.6 Å². The normalized spacial score (nSPS) is 17.7. The Kier molecular flexibility index (Phi) is 7.80. The van der Waals surface area contributed by atoms with Gasteiger partial charge in [-0.05, 0) is 74.9 Å². The number of carbonyl (C=O) groups excluding carboxylic acids is 2. The lowest BCUT2D eigenvalue weighted by atomic mass is 10.00. The number of piperidine rings is 1. The molecule has 2 amide bonds. The number of fused-ring (bicyclic) bond motifs is 2. The van der Waals surface area contributed by atoms with Crippen LogP contribution < -0.4 is 15.6 Å². The quantitative estimate of drug-likeness (QED) is 0.330. The van der Waals surface area contributed by atoms with Gasteiger partial charge in [0.1, 0.15) is 18.5 Å². The lowest BCUT2D eigenvalue weighted by Gasteiger charge is -2.33. The number of H-pyrrole nitrogens is 1. The minimum Gasteiger partial charge on any atom is -0.491 e. The van der Waals surface area contributed by atoms with Crippen molar-refractivity contribution in [3.63, 3.8) is 0 Å². The second kappa shape index (κ2) is 11.5. The molecule has 2 aromatic carbocycles. The molecule has 10 nitrogen and oxygen atoms in total. The molecule has 4 heterocycles. The number of likely N-dealkylation sites (tertiary alicyclic amines) is 1. The summed E-state index contributed by atoms with van der Waals surface area (Å²) in [6.07, 6.45) is 2.43. The molecular formula is C30H29Cl2N5O5. The van der Waals surface area contributed by atoms with Crippen LogP contribution in [0.15, 0.2) is 52.4 Å². The number of aromatic nitrogens is 1. The van der Waals surface area contributed by atoms with Crippen LogP contribution in [0.5, 0.6) is 5.75 Å². The number of aliphatic hydroxyl groups is 1. The number of rotatable bonds is 8. The van der Waals surface area contributed by atoms with Crippen molar-refractivity contribution < 1.29 is 19.4 Å². The number of imide groups is 1. The number of pyridine rings is 1. The zero-order valence-corrected chi connectivity index (χ0v) is 24.3. The van der Waals surface area contributed by atoms with Crippen molar-refractivity contribution in [3.05, 3.63) is 85.2 Å². The molecule has 12 heteroatoms. The molecular weight excluding hydrogens is 581 g/mol. The van der Waals surface area contributed by atoms with E-state index in [1.165, 1.54) is 11.1 Å². The standard InChI is InChI=1S/C30H29Cl2N5O5/c1-36-6-3-19(4-7-36)37-29(40)22-8-16-9-26(35-25(16)13-23(22)30(37)41)27-24(2-5-33-28(27)39)34-14-20(38)15-42-21-11-17(31)10-18(32)12-21/h2,5,8,10-13,19-20,38H,3-4,6-7,9,14-15H2,1H3,(H2,33,34,39). The Bertz CT molecular complexity index is 1640. The molecule has 0 aliphatic carbocycles. The molecule has 0 spiro atoms. The van der Waals surface area contributed by atoms with E-state index < -0.39 is 6.10 Å². The van der Waals surface area contributed by atoms with Gasteiger partial charge in [0.05, 0.1) is 33.8 Å². The maximum Gasteiger partial charge on any atom is 0.261 e. The highest BCUT2D eigenvalue weighted by molar-refractivity contribution is 6.34. The highest BCUT2D eigenvalue weighted by atomic mass is 35.5. The molecule has 42 heavy (non-hydrogen) atoms. The summed E-state index contributed by atoms with van der Waals surface area (Å²) in [6.45, 7) is 1.74. The minimum absolute atomic E-state index is 0.0310. The van der Waals surface area contributed by atoms with E-state index in [-0.39, 0.29) is 36.6 Å². The maximum atomic E-state index is 13.3. The van der Waals surface area contributed by atoms with E-state index in [9.17, 15) is 19.5 Å². The Morgan fingerprint density at radius 1 is 1.07 bits per heavy atom. The Morgan fingerprint density at radius 3 is 2.48 bits per heavy atom. The van der Waals surface area contributed by atoms with Gasteiger partial charge in [0.15, 0.2) is 0 Å². The molecule has 3 N–H and O–H groups in total. The first-order valence-corrected chi connectivity index (χ1v) is 14.5. The molecule has 218 valence electrons. The van der Waals surface area contributed by atoms with E-state index in [0.29, 0.717) is 56.0 Å². The Morgan fingerprint density at radius 2 is 1.76 bits per heavy atom. The van der Waals surface area contributed by atoms with Crippen molar-refractivity contribution in [2.45, 2.75) is 31.4 Å². The van der Waals surface area contributed by atoms with Gasteiger partial charge in [-0.3, -0.25) is 24.3 Å². The number of aliphatic hydroxyl groups excluding tert-OH is 1. The number of ether oxygens (including phenoxy) is 1. The number of nitrogens with one attached hydrogen (secondary N) is 2. The number of aliphatic imine (C=N–C) groups is 1. The van der Waals surface area contributed by atoms with Crippen molar-refractivity contribution in [1.29, 1.82) is 0 Å². The third-order valence-electron chi connectivity index (χ3n) is 7.84. The van der Waals surface area contributed by atoms with Crippen molar-refractivity contribution >= 4 is 52.1 Å². The van der Waals surface area contributed by atoms with Crippen molar-refractivity contribution in [1.82, 2.24) is 14.8 Å². The Labute approximate surface area is 251 Å².